The maximum Gasteiger partial charge on any atom is 0.262 e. The predicted octanol–water partition coefficient (Wildman–Crippen LogP) is 3.43. The number of nitrogens with zero attached hydrogens (tertiary/aromatic N) is 3. The van der Waals surface area contributed by atoms with Gasteiger partial charge in [0.15, 0.2) is 5.65 Å². The minimum Gasteiger partial charge on any atom is -0.326 e. The second kappa shape index (κ2) is 6.16. The van der Waals surface area contributed by atoms with E-state index in [1.165, 1.54) is 0 Å². The average molecular weight is 329 g/mol. The number of hydrogen-bond donors (Lipinski definition) is 2. The molecule has 3 heterocycles. The molecule has 6 nitrogen and oxygen atoms in total. The van der Waals surface area contributed by atoms with E-state index in [4.69, 9.17) is 0 Å². The highest BCUT2D eigenvalue weighted by atomic mass is 16.1. The summed E-state index contributed by atoms with van der Waals surface area (Å²) in [6.45, 7) is 2.00. The van der Waals surface area contributed by atoms with Crippen molar-refractivity contribution in [1.29, 1.82) is 0 Å². The molecule has 0 aliphatic heterocycles. The number of fused-ring (bicyclic) bond motifs is 1. The van der Waals surface area contributed by atoms with E-state index in [-0.39, 0.29) is 5.56 Å². The predicted molar refractivity (Wildman–Crippen MR) is 97.9 cm³/mol. The Bertz CT molecular complexity index is 1110. The van der Waals surface area contributed by atoms with Gasteiger partial charge in [-0.3, -0.25) is 14.8 Å². The third-order valence-corrected chi connectivity index (χ3v) is 3.88. The monoisotopic (exact) mass is 329 g/mol. The van der Waals surface area contributed by atoms with Crippen LogP contribution in [0, 0.1) is 6.92 Å². The Balaban J connectivity index is 1.83. The van der Waals surface area contributed by atoms with Crippen LogP contribution in [0.2, 0.25) is 0 Å². The first-order chi connectivity index (χ1) is 12.2. The molecule has 122 valence electrons. The van der Waals surface area contributed by atoms with E-state index in [0.29, 0.717) is 17.0 Å². The lowest BCUT2D eigenvalue weighted by atomic mass is 10.1. The van der Waals surface area contributed by atoms with Crippen LogP contribution in [0.3, 0.4) is 0 Å². The molecule has 3 aromatic heterocycles. The second-order valence-corrected chi connectivity index (χ2v) is 5.70. The van der Waals surface area contributed by atoms with Gasteiger partial charge in [-0.05, 0) is 53.9 Å². The number of aromatic nitrogens is 4. The molecule has 0 aliphatic carbocycles. The normalized spacial score (nSPS) is 10.8. The number of benzene rings is 1. The van der Waals surface area contributed by atoms with Crippen LogP contribution in [0.5, 0.6) is 0 Å². The van der Waals surface area contributed by atoms with E-state index >= 15 is 0 Å². The quantitative estimate of drug-likeness (QED) is 0.601. The number of aromatic amines is 1. The zero-order valence-electron chi connectivity index (χ0n) is 13.5. The van der Waals surface area contributed by atoms with E-state index in [1.54, 1.807) is 18.6 Å². The van der Waals surface area contributed by atoms with Gasteiger partial charge in [0.2, 0.25) is 5.95 Å². The van der Waals surface area contributed by atoms with Gasteiger partial charge in [0.25, 0.3) is 5.56 Å². The van der Waals surface area contributed by atoms with Gasteiger partial charge in [-0.15, -0.1) is 0 Å². The Hall–Kier alpha value is -3.54. The molecule has 1 aromatic carbocycles. The summed E-state index contributed by atoms with van der Waals surface area (Å²) in [5.74, 6) is 0.363. The molecule has 4 rings (SSSR count). The second-order valence-electron chi connectivity index (χ2n) is 5.70. The van der Waals surface area contributed by atoms with E-state index in [1.807, 2.05) is 49.4 Å². The number of aryl methyl sites for hydroxylation is 1. The fraction of sp³-hybridized carbons (Fsp3) is 0.0526. The summed E-state index contributed by atoms with van der Waals surface area (Å²) < 4.78 is 0. The zero-order valence-corrected chi connectivity index (χ0v) is 13.5. The smallest absolute Gasteiger partial charge is 0.262 e. The van der Waals surface area contributed by atoms with Crippen molar-refractivity contribution in [2.75, 3.05) is 5.32 Å². The van der Waals surface area contributed by atoms with Gasteiger partial charge in [0, 0.05) is 24.3 Å². The Labute approximate surface area is 143 Å². The van der Waals surface area contributed by atoms with Crippen molar-refractivity contribution in [3.8, 4) is 11.1 Å². The van der Waals surface area contributed by atoms with Gasteiger partial charge in [-0.1, -0.05) is 12.1 Å². The lowest BCUT2D eigenvalue weighted by Gasteiger charge is -2.09. The first-order valence-electron chi connectivity index (χ1n) is 7.84. The molecule has 0 atom stereocenters. The Kier molecular flexibility index (Phi) is 3.70. The molecule has 0 unspecified atom stereocenters. The molecule has 6 heteroatoms. The third kappa shape index (κ3) is 2.97. The minimum atomic E-state index is -0.236. The molecule has 25 heavy (non-hydrogen) atoms. The van der Waals surface area contributed by atoms with Crippen LogP contribution >= 0.6 is 0 Å². The number of hydrogen-bond acceptors (Lipinski definition) is 5. The molecule has 0 saturated carbocycles. The van der Waals surface area contributed by atoms with Crippen LogP contribution in [0.4, 0.5) is 11.6 Å². The van der Waals surface area contributed by atoms with Crippen molar-refractivity contribution in [3.63, 3.8) is 0 Å². The largest absolute Gasteiger partial charge is 0.326 e. The molecular formula is C19H15N5O. The van der Waals surface area contributed by atoms with Crippen molar-refractivity contribution in [2.24, 2.45) is 0 Å². The van der Waals surface area contributed by atoms with Crippen molar-refractivity contribution in [2.45, 2.75) is 6.92 Å². The van der Waals surface area contributed by atoms with Crippen molar-refractivity contribution < 1.29 is 0 Å². The van der Waals surface area contributed by atoms with Gasteiger partial charge in [0.1, 0.15) is 0 Å². The van der Waals surface area contributed by atoms with Gasteiger partial charge >= 0.3 is 0 Å². The number of pyridine rings is 2. The summed E-state index contributed by atoms with van der Waals surface area (Å²) in [7, 11) is 0. The van der Waals surface area contributed by atoms with Crippen LogP contribution in [-0.4, -0.2) is 19.9 Å². The molecule has 0 aliphatic rings. The number of H-pyrrole nitrogens is 1. The highest BCUT2D eigenvalue weighted by Crippen LogP contribution is 2.24. The van der Waals surface area contributed by atoms with Gasteiger partial charge < -0.3 is 5.32 Å². The molecule has 0 radical (unpaired) electrons. The Morgan fingerprint density at radius 2 is 1.88 bits per heavy atom. The summed E-state index contributed by atoms with van der Waals surface area (Å²) in [6, 6.07) is 13.4. The molecule has 0 spiro atoms. The van der Waals surface area contributed by atoms with Gasteiger partial charge in [-0.2, -0.15) is 4.98 Å². The van der Waals surface area contributed by atoms with E-state index in [9.17, 15) is 4.79 Å². The molecule has 2 N–H and O–H groups in total. The van der Waals surface area contributed by atoms with E-state index in [0.717, 1.165) is 22.4 Å². The van der Waals surface area contributed by atoms with Crippen LogP contribution in [0.1, 0.15) is 5.56 Å². The standard InChI is InChI=1S/C19H15N5O/c1-12-3-2-4-14(11-12)22-19-23-17-16(18(25)24-19)15(7-10-21-17)13-5-8-20-9-6-13/h2-11H,1H3,(H2,21,22,23,24,25). The topological polar surface area (TPSA) is 83.6 Å². The van der Waals surface area contributed by atoms with Gasteiger partial charge in [-0.25, -0.2) is 4.98 Å². The summed E-state index contributed by atoms with van der Waals surface area (Å²) in [6.07, 6.45) is 5.04. The summed E-state index contributed by atoms with van der Waals surface area (Å²) in [4.78, 5) is 28.2. The number of nitrogens with one attached hydrogen (secondary N) is 2. The number of anilines is 2. The third-order valence-electron chi connectivity index (χ3n) is 3.88. The van der Waals surface area contributed by atoms with Crippen LogP contribution < -0.4 is 10.9 Å². The first kappa shape index (κ1) is 15.0. The lowest BCUT2D eigenvalue weighted by Crippen LogP contribution is -2.13. The number of rotatable bonds is 3. The summed E-state index contributed by atoms with van der Waals surface area (Å²) in [5.41, 5.74) is 3.81. The Morgan fingerprint density at radius 1 is 1.04 bits per heavy atom. The first-order valence-corrected chi connectivity index (χ1v) is 7.84. The van der Waals surface area contributed by atoms with E-state index in [2.05, 4.69) is 25.3 Å². The maximum absolute atomic E-state index is 12.7. The maximum atomic E-state index is 12.7. The molecule has 0 saturated heterocycles. The van der Waals surface area contributed by atoms with Crippen molar-refractivity contribution >= 4 is 22.7 Å². The highest BCUT2D eigenvalue weighted by Gasteiger charge is 2.11. The molecule has 0 fully saturated rings. The average Bonchev–Trinajstić information content (AvgIpc) is 2.62. The Morgan fingerprint density at radius 3 is 2.68 bits per heavy atom. The van der Waals surface area contributed by atoms with E-state index < -0.39 is 0 Å². The lowest BCUT2D eigenvalue weighted by molar-refractivity contribution is 1.14. The fourth-order valence-electron chi connectivity index (χ4n) is 2.75. The molecule has 0 bridgehead atoms. The van der Waals surface area contributed by atoms with Crippen LogP contribution in [0.15, 0.2) is 65.8 Å². The van der Waals surface area contributed by atoms with Crippen LogP contribution in [-0.2, 0) is 0 Å². The zero-order chi connectivity index (χ0) is 17.2. The van der Waals surface area contributed by atoms with Crippen molar-refractivity contribution in [1.82, 2.24) is 19.9 Å². The van der Waals surface area contributed by atoms with Crippen LogP contribution in [0.25, 0.3) is 22.2 Å². The fourth-order valence-corrected chi connectivity index (χ4v) is 2.75. The minimum absolute atomic E-state index is 0.236. The summed E-state index contributed by atoms with van der Waals surface area (Å²) in [5, 5.41) is 3.58. The SMILES string of the molecule is Cc1cccc(Nc2nc3nccc(-c4ccncc4)c3c(=O)[nH]2)c1. The highest BCUT2D eigenvalue weighted by molar-refractivity contribution is 5.92. The molecular weight excluding hydrogens is 314 g/mol. The summed E-state index contributed by atoms with van der Waals surface area (Å²) >= 11 is 0. The van der Waals surface area contributed by atoms with Crippen molar-refractivity contribution in [3.05, 3.63) is 77.0 Å². The molecule has 4 aromatic rings. The van der Waals surface area contributed by atoms with Gasteiger partial charge in [0.05, 0.1) is 5.39 Å². The molecule has 0 amide bonds.